The highest BCUT2D eigenvalue weighted by Gasteiger charge is 2.48. The SMILES string of the molecule is C.C.C=C.CC(C)C(C)(C)C.CC(C)C1C2CC3CC(C2)CC1C3.CC(C)NS(=O)(=O)C1CC1.CC(C)ON=C1c2ccccc2-c2ccccc21. The van der Waals surface area contributed by atoms with E-state index in [-0.39, 0.29) is 32.2 Å². The molecule has 0 amide bonds. The van der Waals surface area contributed by atoms with Gasteiger partial charge >= 0.3 is 0 Å². The average molecular weight is 739 g/mol. The summed E-state index contributed by atoms with van der Waals surface area (Å²) in [6, 6.07) is 16.7. The third-order valence-electron chi connectivity index (χ3n) is 11.2. The van der Waals surface area contributed by atoms with Crippen LogP contribution in [0, 0.1) is 46.8 Å². The predicted molar refractivity (Wildman–Crippen MR) is 228 cm³/mol. The molecule has 6 aliphatic rings. The number of benzene rings is 2. The van der Waals surface area contributed by atoms with Gasteiger partial charge in [0.05, 0.1) is 5.25 Å². The first kappa shape index (κ1) is 47.6. The van der Waals surface area contributed by atoms with E-state index in [0.29, 0.717) is 5.41 Å². The zero-order chi connectivity index (χ0) is 37.4. The molecule has 0 atom stereocenters. The zero-order valence-electron chi connectivity index (χ0n) is 33.3. The van der Waals surface area contributed by atoms with Gasteiger partial charge in [0.2, 0.25) is 10.0 Å². The fraction of sp³-hybridized carbons (Fsp3) is 0.674. The lowest BCUT2D eigenvalue weighted by Crippen LogP contribution is -2.46. The Morgan fingerprint density at radius 1 is 0.712 bits per heavy atom. The van der Waals surface area contributed by atoms with E-state index in [2.05, 4.69) is 108 Å². The molecule has 5 nitrogen and oxygen atoms in total. The maximum atomic E-state index is 11.1. The fourth-order valence-electron chi connectivity index (χ4n) is 8.11. The van der Waals surface area contributed by atoms with E-state index in [1.807, 2.05) is 39.8 Å². The quantitative estimate of drug-likeness (QED) is 0.202. The van der Waals surface area contributed by atoms with Crippen LogP contribution in [0.4, 0.5) is 0 Å². The lowest BCUT2D eigenvalue weighted by Gasteiger charge is -2.55. The minimum Gasteiger partial charge on any atom is -0.393 e. The molecule has 0 aliphatic heterocycles. The van der Waals surface area contributed by atoms with Gasteiger partial charge in [0.25, 0.3) is 0 Å². The summed E-state index contributed by atoms with van der Waals surface area (Å²) in [5.74, 6) is 7.43. The first-order valence-corrected chi connectivity index (χ1v) is 21.0. The van der Waals surface area contributed by atoms with Crippen molar-refractivity contribution in [3.63, 3.8) is 0 Å². The van der Waals surface area contributed by atoms with Gasteiger partial charge in [-0.2, -0.15) is 0 Å². The largest absolute Gasteiger partial charge is 0.393 e. The van der Waals surface area contributed by atoms with E-state index in [1.54, 1.807) is 32.1 Å². The van der Waals surface area contributed by atoms with Crippen LogP contribution in [0.15, 0.2) is 66.8 Å². The molecule has 52 heavy (non-hydrogen) atoms. The summed E-state index contributed by atoms with van der Waals surface area (Å²) in [5, 5.41) is 4.23. The fourth-order valence-corrected chi connectivity index (χ4v) is 9.72. The third kappa shape index (κ3) is 13.1. The van der Waals surface area contributed by atoms with Crippen LogP contribution in [0.5, 0.6) is 0 Å². The number of sulfonamides is 1. The number of rotatable bonds is 6. The predicted octanol–water partition coefficient (Wildman–Crippen LogP) is 12.8. The van der Waals surface area contributed by atoms with Gasteiger partial charge in [0, 0.05) is 17.2 Å². The molecule has 1 N–H and O–H groups in total. The van der Waals surface area contributed by atoms with E-state index < -0.39 is 10.0 Å². The maximum absolute atomic E-state index is 11.1. The molecule has 0 unspecified atom stereocenters. The highest BCUT2D eigenvalue weighted by atomic mass is 32.2. The Hall–Kier alpha value is -2.44. The Bertz CT molecular complexity index is 1410. The van der Waals surface area contributed by atoms with Crippen molar-refractivity contribution in [1.82, 2.24) is 4.72 Å². The van der Waals surface area contributed by atoms with Crippen molar-refractivity contribution in [3.8, 4) is 11.1 Å². The van der Waals surface area contributed by atoms with Crippen molar-refractivity contribution in [3.05, 3.63) is 72.8 Å². The summed E-state index contributed by atoms with van der Waals surface area (Å²) in [5.41, 5.74) is 6.21. The zero-order valence-corrected chi connectivity index (χ0v) is 34.2. The Balaban J connectivity index is 0.000000355. The van der Waals surface area contributed by atoms with Crippen LogP contribution in [0.3, 0.4) is 0 Å². The van der Waals surface area contributed by atoms with Crippen LogP contribution in [-0.4, -0.2) is 31.5 Å². The maximum Gasteiger partial charge on any atom is 0.214 e. The molecule has 8 rings (SSSR count). The second kappa shape index (κ2) is 20.9. The number of fused-ring (bicyclic) bond motifs is 3. The van der Waals surface area contributed by atoms with E-state index in [0.717, 1.165) is 71.1 Å². The number of nitrogens with zero attached hydrogens (tertiary/aromatic N) is 1. The summed E-state index contributed by atoms with van der Waals surface area (Å²) < 4.78 is 24.7. The molecule has 5 saturated carbocycles. The molecule has 2 aromatic rings. The van der Waals surface area contributed by atoms with Gasteiger partial charge in [-0.1, -0.05) is 117 Å². The number of hydrogen-bond acceptors (Lipinski definition) is 4. The van der Waals surface area contributed by atoms with E-state index in [9.17, 15) is 8.42 Å². The Labute approximate surface area is 321 Å². The van der Waals surface area contributed by atoms with E-state index in [1.165, 1.54) is 11.1 Å². The van der Waals surface area contributed by atoms with Crippen molar-refractivity contribution >= 4 is 15.7 Å². The minimum absolute atomic E-state index is 0. The van der Waals surface area contributed by atoms with Gasteiger partial charge in [0.15, 0.2) is 0 Å². The number of hydrogen-bond donors (Lipinski definition) is 1. The topological polar surface area (TPSA) is 67.8 Å². The third-order valence-corrected chi connectivity index (χ3v) is 13.3. The lowest BCUT2D eigenvalue weighted by molar-refractivity contribution is -0.0552. The van der Waals surface area contributed by atoms with Gasteiger partial charge in [0.1, 0.15) is 11.8 Å². The first-order chi connectivity index (χ1) is 23.5. The van der Waals surface area contributed by atoms with Gasteiger partial charge in [-0.3, -0.25) is 0 Å². The normalized spacial score (nSPS) is 23.2. The van der Waals surface area contributed by atoms with Crippen molar-refractivity contribution in [2.75, 3.05) is 0 Å². The summed E-state index contributed by atoms with van der Waals surface area (Å²) >= 11 is 0. The molecule has 0 saturated heterocycles. The van der Waals surface area contributed by atoms with E-state index >= 15 is 0 Å². The minimum atomic E-state index is -2.94. The summed E-state index contributed by atoms with van der Waals surface area (Å²) in [4.78, 5) is 5.43. The monoisotopic (exact) mass is 739 g/mol. The van der Waals surface area contributed by atoms with Gasteiger partial charge in [-0.15, -0.1) is 13.2 Å². The average Bonchev–Trinajstić information content (AvgIpc) is 3.85. The molecule has 5 fully saturated rings. The summed E-state index contributed by atoms with van der Waals surface area (Å²) in [6.07, 6.45) is 9.73. The van der Waals surface area contributed by atoms with Crippen molar-refractivity contribution < 1.29 is 13.3 Å². The molecule has 0 radical (unpaired) electrons. The summed E-state index contributed by atoms with van der Waals surface area (Å²) in [7, 11) is -2.94. The van der Waals surface area contributed by atoms with Gasteiger partial charge in [-0.25, -0.2) is 13.1 Å². The van der Waals surface area contributed by atoms with Crippen LogP contribution < -0.4 is 4.72 Å². The number of oxime groups is 1. The summed E-state index contributed by atoms with van der Waals surface area (Å²) in [6.45, 7) is 29.8. The van der Waals surface area contributed by atoms with Crippen molar-refractivity contribution in [2.45, 2.75) is 153 Å². The smallest absolute Gasteiger partial charge is 0.214 e. The van der Waals surface area contributed by atoms with Crippen LogP contribution in [-0.2, 0) is 14.9 Å². The second-order valence-corrected chi connectivity index (χ2v) is 19.5. The van der Waals surface area contributed by atoms with Crippen molar-refractivity contribution in [1.29, 1.82) is 0 Å². The molecular weight excluding hydrogens is 661 g/mol. The molecule has 296 valence electrons. The van der Waals surface area contributed by atoms with E-state index in [4.69, 9.17) is 4.84 Å². The first-order valence-electron chi connectivity index (χ1n) is 19.4. The standard InChI is InChI=1S/C16H15NO.C13H22.C7H16.C6H13NO2S.C2H4.2CH4/c1-11(2)18-17-16-14-9-5-3-7-12(14)13-8-4-6-10-15(13)16;1-8(2)13-11-4-9-3-10(6-11)7-12(13)5-9;1-6(2)7(3,4)5;1-5(2)7-10(8,9)6-3-4-6;1-2;;/h3-11H,1-2H3;8-13H,3-7H2,1-2H3;6H,1-5H3;5-7H,3-4H2,1-2H3;1-2H2;2*1H4. The van der Waals surface area contributed by atoms with Crippen LogP contribution in [0.2, 0.25) is 0 Å². The molecule has 4 bridgehead atoms. The molecule has 2 aromatic carbocycles. The van der Waals surface area contributed by atoms with Gasteiger partial charge < -0.3 is 4.84 Å². The Kier molecular flexibility index (Phi) is 19.1. The van der Waals surface area contributed by atoms with Crippen LogP contribution in [0.25, 0.3) is 11.1 Å². The number of nitrogens with one attached hydrogen (secondary N) is 1. The van der Waals surface area contributed by atoms with Crippen LogP contribution in [0.1, 0.15) is 147 Å². The molecule has 6 heteroatoms. The molecule has 0 aromatic heterocycles. The van der Waals surface area contributed by atoms with Crippen molar-refractivity contribution in [2.24, 2.45) is 52.0 Å². The molecule has 0 heterocycles. The second-order valence-electron chi connectivity index (χ2n) is 17.5. The van der Waals surface area contributed by atoms with Crippen LogP contribution >= 0.6 is 0 Å². The Morgan fingerprint density at radius 3 is 1.40 bits per heavy atom. The molecule has 6 aliphatic carbocycles. The Morgan fingerprint density at radius 2 is 1.10 bits per heavy atom. The van der Waals surface area contributed by atoms with Gasteiger partial charge in [-0.05, 0) is 131 Å². The highest BCUT2D eigenvalue weighted by Crippen LogP contribution is 2.58. The lowest BCUT2D eigenvalue weighted by atomic mass is 9.50. The molecular formula is C46H78N2O3S. The molecule has 0 spiro atoms. The highest BCUT2D eigenvalue weighted by molar-refractivity contribution is 7.90.